The number of ether oxygens (including phenoxy) is 2. The number of hydrogen-bond donors (Lipinski definition) is 0. The first-order valence-electron chi connectivity index (χ1n) is 7.30. The van der Waals surface area contributed by atoms with Crippen LogP contribution in [0.25, 0.3) is 0 Å². The summed E-state index contributed by atoms with van der Waals surface area (Å²) < 4.78 is 85.5. The Hall–Kier alpha value is -2.33. The van der Waals surface area contributed by atoms with Crippen molar-refractivity contribution in [2.75, 3.05) is 20.2 Å². The van der Waals surface area contributed by atoms with Crippen LogP contribution in [0, 0.1) is 5.82 Å². The molecule has 2 aromatic rings. The van der Waals surface area contributed by atoms with Crippen molar-refractivity contribution in [1.29, 1.82) is 0 Å². The van der Waals surface area contributed by atoms with Gasteiger partial charge in [-0.3, -0.25) is 0 Å². The van der Waals surface area contributed by atoms with Crippen LogP contribution in [-0.4, -0.2) is 39.3 Å². The molecule has 5 nitrogen and oxygen atoms in total. The van der Waals surface area contributed by atoms with Crippen LogP contribution < -0.4 is 9.47 Å². The van der Waals surface area contributed by atoms with Crippen LogP contribution in [0.4, 0.5) is 17.6 Å². The Bertz CT molecular complexity index is 855. The van der Waals surface area contributed by atoms with E-state index in [0.29, 0.717) is 0 Å². The van der Waals surface area contributed by atoms with E-state index in [1.165, 1.54) is 37.4 Å². The van der Waals surface area contributed by atoms with Gasteiger partial charge in [-0.1, -0.05) is 24.3 Å². The fourth-order valence-electron chi connectivity index (χ4n) is 2.01. The summed E-state index contributed by atoms with van der Waals surface area (Å²) in [5.41, 5.74) is 0. The third-order valence-corrected chi connectivity index (χ3v) is 5.16. The highest BCUT2D eigenvalue weighted by Gasteiger charge is 2.34. The third kappa shape index (κ3) is 5.09. The highest BCUT2D eigenvalue weighted by molar-refractivity contribution is 7.89. The van der Waals surface area contributed by atoms with Gasteiger partial charge in [0.25, 0.3) is 0 Å². The SMILES string of the molecule is CN(CCOc1ccccc1F)S(=O)(=O)c1ccccc1OC(F)(F)F. The zero-order valence-electron chi connectivity index (χ0n) is 13.5. The Kier molecular flexibility index (Phi) is 6.09. The second-order valence-corrected chi connectivity index (χ2v) is 7.11. The number of hydrogen-bond acceptors (Lipinski definition) is 4. The van der Waals surface area contributed by atoms with E-state index < -0.39 is 32.8 Å². The van der Waals surface area contributed by atoms with Crippen LogP contribution >= 0.6 is 0 Å². The number of likely N-dealkylation sites (N-methyl/N-ethyl adjacent to an activating group) is 1. The highest BCUT2D eigenvalue weighted by Crippen LogP contribution is 2.30. The lowest BCUT2D eigenvalue weighted by Crippen LogP contribution is -2.32. The molecule has 0 bridgehead atoms. The Morgan fingerprint density at radius 1 is 1.00 bits per heavy atom. The van der Waals surface area contributed by atoms with Crippen LogP contribution in [0.3, 0.4) is 0 Å². The van der Waals surface area contributed by atoms with Crippen LogP contribution in [0.5, 0.6) is 11.5 Å². The Labute approximate surface area is 147 Å². The van der Waals surface area contributed by atoms with Gasteiger partial charge < -0.3 is 9.47 Å². The quantitative estimate of drug-likeness (QED) is 0.677. The van der Waals surface area contributed by atoms with Crippen molar-refractivity contribution in [3.05, 3.63) is 54.3 Å². The molecule has 142 valence electrons. The molecule has 0 spiro atoms. The van der Waals surface area contributed by atoms with E-state index in [1.54, 1.807) is 6.07 Å². The summed E-state index contributed by atoms with van der Waals surface area (Å²) >= 11 is 0. The van der Waals surface area contributed by atoms with Crippen LogP contribution in [0.2, 0.25) is 0 Å². The molecule has 26 heavy (non-hydrogen) atoms. The van der Waals surface area contributed by atoms with E-state index in [9.17, 15) is 26.0 Å². The lowest BCUT2D eigenvalue weighted by molar-refractivity contribution is -0.275. The largest absolute Gasteiger partial charge is 0.573 e. The summed E-state index contributed by atoms with van der Waals surface area (Å²) in [6, 6.07) is 9.98. The van der Waals surface area contributed by atoms with Gasteiger partial charge in [-0.25, -0.2) is 12.8 Å². The average molecular weight is 393 g/mol. The predicted molar refractivity (Wildman–Crippen MR) is 84.8 cm³/mol. The molecule has 0 atom stereocenters. The molecule has 2 aromatic carbocycles. The number of rotatable bonds is 7. The van der Waals surface area contributed by atoms with E-state index in [1.807, 2.05) is 0 Å². The molecule has 0 saturated heterocycles. The first kappa shape index (κ1) is 20.0. The van der Waals surface area contributed by atoms with E-state index in [0.717, 1.165) is 16.4 Å². The lowest BCUT2D eigenvalue weighted by atomic mass is 10.3. The molecule has 0 amide bonds. The van der Waals surface area contributed by atoms with Gasteiger partial charge in [-0.15, -0.1) is 13.2 Å². The highest BCUT2D eigenvalue weighted by atomic mass is 32.2. The van der Waals surface area contributed by atoms with Crippen molar-refractivity contribution in [3.8, 4) is 11.5 Å². The molecule has 0 unspecified atom stereocenters. The van der Waals surface area contributed by atoms with Crippen molar-refractivity contribution < 1.29 is 35.5 Å². The van der Waals surface area contributed by atoms with E-state index in [4.69, 9.17) is 4.74 Å². The Morgan fingerprint density at radius 3 is 2.19 bits per heavy atom. The van der Waals surface area contributed by atoms with Gasteiger partial charge in [0.05, 0.1) is 0 Å². The summed E-state index contributed by atoms with van der Waals surface area (Å²) in [7, 11) is -3.10. The molecule has 0 aliphatic heterocycles. The maximum Gasteiger partial charge on any atom is 0.573 e. The van der Waals surface area contributed by atoms with Crippen molar-refractivity contribution in [1.82, 2.24) is 4.31 Å². The maximum atomic E-state index is 13.4. The molecule has 0 aliphatic carbocycles. The van der Waals surface area contributed by atoms with Gasteiger partial charge in [0.15, 0.2) is 11.6 Å². The summed E-state index contributed by atoms with van der Waals surface area (Å²) in [5.74, 6) is -1.50. The smallest absolute Gasteiger partial charge is 0.489 e. The molecular weight excluding hydrogens is 378 g/mol. The molecule has 0 aromatic heterocycles. The van der Waals surface area contributed by atoms with Gasteiger partial charge in [-0.05, 0) is 24.3 Å². The summed E-state index contributed by atoms with van der Waals surface area (Å²) in [5, 5.41) is 0. The van der Waals surface area contributed by atoms with E-state index >= 15 is 0 Å². The molecular formula is C16H15F4NO4S. The molecule has 0 N–H and O–H groups in total. The maximum absolute atomic E-state index is 13.4. The monoisotopic (exact) mass is 393 g/mol. The summed E-state index contributed by atoms with van der Waals surface area (Å²) in [4.78, 5) is -0.634. The minimum absolute atomic E-state index is 0.0564. The van der Waals surface area contributed by atoms with Gasteiger partial charge in [0.2, 0.25) is 10.0 Å². The standard InChI is InChI=1S/C16H15F4NO4S/c1-21(10-11-24-13-7-3-2-6-12(13)17)26(22,23)15-9-5-4-8-14(15)25-16(18,19)20/h2-9H,10-11H2,1H3. The first-order valence-corrected chi connectivity index (χ1v) is 8.74. The molecule has 10 heteroatoms. The van der Waals surface area contributed by atoms with E-state index in [2.05, 4.69) is 4.74 Å². The first-order chi connectivity index (χ1) is 12.1. The minimum atomic E-state index is -5.03. The topological polar surface area (TPSA) is 55.8 Å². The normalized spacial score (nSPS) is 12.2. The number of sulfonamides is 1. The molecule has 0 aliphatic rings. The molecule has 2 rings (SSSR count). The number of halogens is 4. The fourth-order valence-corrected chi connectivity index (χ4v) is 3.27. The predicted octanol–water partition coefficient (Wildman–Crippen LogP) is 3.42. The Morgan fingerprint density at radius 2 is 1.58 bits per heavy atom. The van der Waals surface area contributed by atoms with E-state index in [-0.39, 0.29) is 18.9 Å². The fraction of sp³-hybridized carbons (Fsp3) is 0.250. The van der Waals surface area contributed by atoms with Gasteiger partial charge in [-0.2, -0.15) is 4.31 Å². The molecule has 0 heterocycles. The lowest BCUT2D eigenvalue weighted by Gasteiger charge is -2.20. The van der Waals surface area contributed by atoms with Gasteiger partial charge in [0, 0.05) is 13.6 Å². The van der Waals surface area contributed by atoms with Gasteiger partial charge in [0.1, 0.15) is 17.3 Å². The number of para-hydroxylation sites is 2. The second-order valence-electron chi connectivity index (χ2n) is 5.10. The third-order valence-electron chi connectivity index (χ3n) is 3.26. The minimum Gasteiger partial charge on any atom is -0.489 e. The number of alkyl halides is 3. The molecule has 0 saturated carbocycles. The molecule has 0 radical (unpaired) electrons. The summed E-state index contributed by atoms with van der Waals surface area (Å²) in [6.07, 6.45) is -5.03. The van der Waals surface area contributed by atoms with Crippen molar-refractivity contribution >= 4 is 10.0 Å². The zero-order chi connectivity index (χ0) is 19.4. The van der Waals surface area contributed by atoms with Crippen molar-refractivity contribution in [3.63, 3.8) is 0 Å². The average Bonchev–Trinajstić information content (AvgIpc) is 2.55. The number of benzene rings is 2. The number of nitrogens with zero attached hydrogens (tertiary/aromatic N) is 1. The van der Waals surface area contributed by atoms with Gasteiger partial charge >= 0.3 is 6.36 Å². The Balaban J connectivity index is 2.11. The zero-order valence-corrected chi connectivity index (χ0v) is 14.3. The van der Waals surface area contributed by atoms with Crippen molar-refractivity contribution in [2.24, 2.45) is 0 Å². The van der Waals surface area contributed by atoms with Crippen LogP contribution in [-0.2, 0) is 10.0 Å². The van der Waals surface area contributed by atoms with Crippen LogP contribution in [0.15, 0.2) is 53.4 Å². The second kappa shape index (κ2) is 7.92. The van der Waals surface area contributed by atoms with Crippen LogP contribution in [0.1, 0.15) is 0 Å². The van der Waals surface area contributed by atoms with Crippen molar-refractivity contribution in [2.45, 2.75) is 11.3 Å². The summed E-state index contributed by atoms with van der Waals surface area (Å²) in [6.45, 7) is -0.407. The molecule has 0 fully saturated rings.